The molecule has 0 saturated heterocycles. The summed E-state index contributed by atoms with van der Waals surface area (Å²) in [6.07, 6.45) is 1.99. The van der Waals surface area contributed by atoms with Crippen molar-refractivity contribution in [3.05, 3.63) is 57.4 Å². The third-order valence-electron chi connectivity index (χ3n) is 3.30. The van der Waals surface area contributed by atoms with Crippen molar-refractivity contribution in [1.29, 1.82) is 0 Å². The maximum absolute atomic E-state index is 11.0. The Labute approximate surface area is 123 Å². The summed E-state index contributed by atoms with van der Waals surface area (Å²) in [4.78, 5) is 10.6. The highest BCUT2D eigenvalue weighted by Gasteiger charge is 2.13. The standard InChI is InChI=1S/C15H20N4O2/c1-11(2)15-13(10-18(3)17-15)9-16-8-12-6-4-5-7-14(12)19(20)21/h4-7,10-11,16H,8-9H2,1-3H3. The normalized spacial score (nSPS) is 11.0. The number of para-hydroxylation sites is 1. The number of aryl methyl sites for hydroxylation is 1. The number of nitro groups is 1. The lowest BCUT2D eigenvalue weighted by atomic mass is 10.1. The monoisotopic (exact) mass is 288 g/mol. The topological polar surface area (TPSA) is 73.0 Å². The number of hydrogen-bond donors (Lipinski definition) is 1. The van der Waals surface area contributed by atoms with E-state index in [4.69, 9.17) is 0 Å². The summed E-state index contributed by atoms with van der Waals surface area (Å²) in [6, 6.07) is 6.80. The van der Waals surface area contributed by atoms with Gasteiger partial charge >= 0.3 is 0 Å². The third-order valence-corrected chi connectivity index (χ3v) is 3.30. The first kappa shape index (κ1) is 15.2. The van der Waals surface area contributed by atoms with Gasteiger partial charge in [-0.25, -0.2) is 0 Å². The second-order valence-electron chi connectivity index (χ2n) is 5.36. The van der Waals surface area contributed by atoms with Crippen molar-refractivity contribution >= 4 is 5.69 Å². The predicted octanol–water partition coefficient (Wildman–Crippen LogP) is 2.74. The van der Waals surface area contributed by atoms with Crippen LogP contribution in [0.5, 0.6) is 0 Å². The van der Waals surface area contributed by atoms with Crippen molar-refractivity contribution in [2.45, 2.75) is 32.9 Å². The van der Waals surface area contributed by atoms with Gasteiger partial charge in [-0.15, -0.1) is 0 Å². The van der Waals surface area contributed by atoms with Gasteiger partial charge in [0, 0.05) is 43.5 Å². The van der Waals surface area contributed by atoms with Gasteiger partial charge in [-0.3, -0.25) is 14.8 Å². The van der Waals surface area contributed by atoms with Gasteiger partial charge < -0.3 is 5.32 Å². The van der Waals surface area contributed by atoms with Gasteiger partial charge in [0.2, 0.25) is 0 Å². The highest BCUT2D eigenvalue weighted by Crippen LogP contribution is 2.19. The van der Waals surface area contributed by atoms with E-state index < -0.39 is 0 Å². The Hall–Kier alpha value is -2.21. The quantitative estimate of drug-likeness (QED) is 0.655. The van der Waals surface area contributed by atoms with Gasteiger partial charge in [0.15, 0.2) is 0 Å². The molecule has 0 aliphatic rings. The van der Waals surface area contributed by atoms with E-state index in [1.807, 2.05) is 19.3 Å². The molecule has 0 atom stereocenters. The van der Waals surface area contributed by atoms with Crippen molar-refractivity contribution in [3.8, 4) is 0 Å². The summed E-state index contributed by atoms with van der Waals surface area (Å²) in [5, 5.41) is 18.7. The molecule has 6 nitrogen and oxygen atoms in total. The lowest BCUT2D eigenvalue weighted by molar-refractivity contribution is -0.385. The second kappa shape index (κ2) is 6.49. The largest absolute Gasteiger partial charge is 0.308 e. The van der Waals surface area contributed by atoms with E-state index in [0.717, 1.165) is 11.3 Å². The maximum Gasteiger partial charge on any atom is 0.273 e. The van der Waals surface area contributed by atoms with Crippen molar-refractivity contribution in [3.63, 3.8) is 0 Å². The average Bonchev–Trinajstić information content (AvgIpc) is 2.80. The van der Waals surface area contributed by atoms with Crippen molar-refractivity contribution in [2.24, 2.45) is 7.05 Å². The maximum atomic E-state index is 11.0. The van der Waals surface area contributed by atoms with Crippen molar-refractivity contribution in [1.82, 2.24) is 15.1 Å². The molecule has 1 N–H and O–H groups in total. The Morgan fingerprint density at radius 2 is 1.95 bits per heavy atom. The fourth-order valence-electron chi connectivity index (χ4n) is 2.35. The molecule has 2 rings (SSSR count). The SMILES string of the molecule is CC(C)c1nn(C)cc1CNCc1ccccc1[N+](=O)[O-]. The van der Waals surface area contributed by atoms with Crippen LogP contribution in [0.4, 0.5) is 5.69 Å². The first-order valence-electron chi connectivity index (χ1n) is 6.94. The molecule has 0 aliphatic carbocycles. The van der Waals surface area contributed by atoms with Gasteiger partial charge in [-0.05, 0) is 5.92 Å². The fraction of sp³-hybridized carbons (Fsp3) is 0.400. The molecule has 1 aromatic carbocycles. The van der Waals surface area contributed by atoms with Gasteiger partial charge in [-0.1, -0.05) is 32.0 Å². The Morgan fingerprint density at radius 3 is 2.62 bits per heavy atom. The van der Waals surface area contributed by atoms with E-state index >= 15 is 0 Å². The van der Waals surface area contributed by atoms with Gasteiger partial charge in [0.25, 0.3) is 5.69 Å². The molecule has 0 saturated carbocycles. The van der Waals surface area contributed by atoms with Crippen LogP contribution in [-0.2, 0) is 20.1 Å². The summed E-state index contributed by atoms with van der Waals surface area (Å²) in [5.74, 6) is 0.356. The number of nitro benzene ring substituents is 1. The van der Waals surface area contributed by atoms with Crippen LogP contribution in [0.1, 0.15) is 36.6 Å². The number of nitrogens with one attached hydrogen (secondary N) is 1. The minimum atomic E-state index is -0.347. The zero-order valence-corrected chi connectivity index (χ0v) is 12.5. The number of nitrogens with zero attached hydrogens (tertiary/aromatic N) is 3. The molecule has 0 fully saturated rings. The molecule has 0 radical (unpaired) electrons. The van der Waals surface area contributed by atoms with Gasteiger partial charge in [-0.2, -0.15) is 5.10 Å². The molecule has 0 spiro atoms. The summed E-state index contributed by atoms with van der Waals surface area (Å²) in [7, 11) is 1.90. The average molecular weight is 288 g/mol. The summed E-state index contributed by atoms with van der Waals surface area (Å²) >= 11 is 0. The Bertz CT molecular complexity index is 634. The zero-order valence-electron chi connectivity index (χ0n) is 12.5. The molecule has 0 aliphatic heterocycles. The van der Waals surface area contributed by atoms with Crippen molar-refractivity contribution < 1.29 is 4.92 Å². The molecule has 0 unspecified atom stereocenters. The lowest BCUT2D eigenvalue weighted by Gasteiger charge is -2.07. The molecule has 2 aromatic rings. The van der Waals surface area contributed by atoms with Crippen molar-refractivity contribution in [2.75, 3.05) is 0 Å². The van der Waals surface area contributed by atoms with E-state index in [1.54, 1.807) is 16.8 Å². The Morgan fingerprint density at radius 1 is 1.29 bits per heavy atom. The number of benzene rings is 1. The molecule has 0 bridgehead atoms. The predicted molar refractivity (Wildman–Crippen MR) is 80.9 cm³/mol. The van der Waals surface area contributed by atoms with Crippen LogP contribution in [0.25, 0.3) is 0 Å². The van der Waals surface area contributed by atoms with Crippen LogP contribution < -0.4 is 5.32 Å². The molecule has 0 amide bonds. The van der Waals surface area contributed by atoms with E-state index in [9.17, 15) is 10.1 Å². The van der Waals surface area contributed by atoms with E-state index in [2.05, 4.69) is 24.3 Å². The fourth-order valence-corrected chi connectivity index (χ4v) is 2.35. The minimum absolute atomic E-state index is 0.153. The molecule has 1 aromatic heterocycles. The first-order chi connectivity index (χ1) is 9.99. The van der Waals surface area contributed by atoms with Crippen LogP contribution in [0.15, 0.2) is 30.5 Å². The smallest absolute Gasteiger partial charge is 0.273 e. The first-order valence-corrected chi connectivity index (χ1v) is 6.94. The summed E-state index contributed by atoms with van der Waals surface area (Å²) in [6.45, 7) is 5.32. The molecule has 1 heterocycles. The van der Waals surface area contributed by atoms with E-state index in [0.29, 0.717) is 24.6 Å². The highest BCUT2D eigenvalue weighted by atomic mass is 16.6. The summed E-state index contributed by atoms with van der Waals surface area (Å²) in [5.41, 5.74) is 3.04. The summed E-state index contributed by atoms with van der Waals surface area (Å²) < 4.78 is 1.80. The van der Waals surface area contributed by atoms with Crippen LogP contribution in [0.3, 0.4) is 0 Å². The van der Waals surface area contributed by atoms with Crippen LogP contribution in [-0.4, -0.2) is 14.7 Å². The number of aromatic nitrogens is 2. The lowest BCUT2D eigenvalue weighted by Crippen LogP contribution is -2.14. The third kappa shape index (κ3) is 3.66. The van der Waals surface area contributed by atoms with Gasteiger partial charge in [0.1, 0.15) is 0 Å². The molecule has 6 heteroatoms. The Balaban J connectivity index is 2.04. The Kier molecular flexibility index (Phi) is 4.70. The van der Waals surface area contributed by atoms with Crippen LogP contribution in [0, 0.1) is 10.1 Å². The van der Waals surface area contributed by atoms with E-state index in [-0.39, 0.29) is 10.6 Å². The number of hydrogen-bond acceptors (Lipinski definition) is 4. The number of rotatable bonds is 6. The molecular weight excluding hydrogens is 268 g/mol. The molecule has 112 valence electrons. The van der Waals surface area contributed by atoms with Crippen LogP contribution >= 0.6 is 0 Å². The van der Waals surface area contributed by atoms with Crippen LogP contribution in [0.2, 0.25) is 0 Å². The molecule has 21 heavy (non-hydrogen) atoms. The second-order valence-corrected chi connectivity index (χ2v) is 5.36. The minimum Gasteiger partial charge on any atom is -0.308 e. The zero-order chi connectivity index (χ0) is 15.4. The molecular formula is C15H20N4O2. The van der Waals surface area contributed by atoms with E-state index in [1.165, 1.54) is 6.07 Å². The highest BCUT2D eigenvalue weighted by molar-refractivity contribution is 5.39. The van der Waals surface area contributed by atoms with Gasteiger partial charge in [0.05, 0.1) is 10.6 Å².